The van der Waals surface area contributed by atoms with E-state index in [9.17, 15) is 0 Å². The van der Waals surface area contributed by atoms with Crippen LogP contribution in [0.15, 0.2) is 70.5 Å². The van der Waals surface area contributed by atoms with Crippen molar-refractivity contribution in [2.24, 2.45) is 0 Å². The predicted molar refractivity (Wildman–Crippen MR) is 109 cm³/mol. The molecule has 4 rings (SSSR count). The molecule has 1 aliphatic rings. The lowest BCUT2D eigenvalue weighted by molar-refractivity contribution is 0.312. The Morgan fingerprint density at radius 3 is 2.44 bits per heavy atom. The van der Waals surface area contributed by atoms with Gasteiger partial charge in [-0.25, -0.2) is 0 Å². The second-order valence-electron chi connectivity index (χ2n) is 6.38. The highest BCUT2D eigenvalue weighted by molar-refractivity contribution is 8.00. The van der Waals surface area contributed by atoms with Gasteiger partial charge in [0, 0.05) is 22.9 Å². The van der Waals surface area contributed by atoms with Crippen molar-refractivity contribution in [3.05, 3.63) is 60.7 Å². The number of nitrogens with zero attached hydrogens (tertiary/aromatic N) is 2. The van der Waals surface area contributed by atoms with Gasteiger partial charge < -0.3 is 9.80 Å². The molecule has 3 heteroatoms. The summed E-state index contributed by atoms with van der Waals surface area (Å²) in [7, 11) is 0. The van der Waals surface area contributed by atoms with Crippen LogP contribution in [0.25, 0.3) is 10.8 Å². The highest BCUT2D eigenvalue weighted by Gasteiger charge is 2.24. The lowest BCUT2D eigenvalue weighted by atomic mass is 10.1. The monoisotopic (exact) mass is 348 g/mol. The third kappa shape index (κ3) is 3.03. The van der Waals surface area contributed by atoms with Crippen molar-refractivity contribution in [1.29, 1.82) is 0 Å². The molecule has 0 radical (unpaired) electrons. The van der Waals surface area contributed by atoms with Crippen LogP contribution in [0.3, 0.4) is 0 Å². The van der Waals surface area contributed by atoms with Gasteiger partial charge in [-0.15, -0.1) is 0 Å². The van der Waals surface area contributed by atoms with Gasteiger partial charge in [0.1, 0.15) is 0 Å². The average molecular weight is 349 g/mol. The third-order valence-corrected chi connectivity index (χ3v) is 6.25. The molecule has 1 aliphatic heterocycles. The van der Waals surface area contributed by atoms with Gasteiger partial charge in [-0.2, -0.15) is 0 Å². The molecule has 0 amide bonds. The van der Waals surface area contributed by atoms with Crippen LogP contribution in [0.2, 0.25) is 0 Å². The second kappa shape index (κ2) is 7.11. The van der Waals surface area contributed by atoms with Crippen molar-refractivity contribution < 1.29 is 0 Å². The van der Waals surface area contributed by atoms with E-state index in [0.717, 1.165) is 26.2 Å². The number of para-hydroxylation sites is 1. The van der Waals surface area contributed by atoms with Crippen molar-refractivity contribution in [2.75, 3.05) is 31.1 Å². The molecule has 0 atom stereocenters. The number of fused-ring (bicyclic) bond motifs is 4. The molecule has 0 spiro atoms. The maximum Gasteiger partial charge on any atom is 0.0559 e. The summed E-state index contributed by atoms with van der Waals surface area (Å²) in [5.41, 5.74) is 2.68. The van der Waals surface area contributed by atoms with Crippen LogP contribution < -0.4 is 4.90 Å². The van der Waals surface area contributed by atoms with Gasteiger partial charge in [-0.3, -0.25) is 0 Å². The molecule has 25 heavy (non-hydrogen) atoms. The molecule has 0 bridgehead atoms. The fourth-order valence-corrected chi connectivity index (χ4v) is 4.81. The van der Waals surface area contributed by atoms with E-state index >= 15 is 0 Å². The molecule has 1 heterocycles. The molecule has 0 aliphatic carbocycles. The average Bonchev–Trinajstić information content (AvgIpc) is 2.68. The molecule has 128 valence electrons. The molecule has 3 aromatic carbocycles. The highest BCUT2D eigenvalue weighted by atomic mass is 32.2. The van der Waals surface area contributed by atoms with Crippen LogP contribution in [-0.4, -0.2) is 31.1 Å². The van der Waals surface area contributed by atoms with Crippen LogP contribution in [0.1, 0.15) is 13.8 Å². The summed E-state index contributed by atoms with van der Waals surface area (Å²) in [6.07, 6.45) is 0. The first-order chi connectivity index (χ1) is 12.3. The summed E-state index contributed by atoms with van der Waals surface area (Å²) in [6.45, 7) is 8.79. The Balaban J connectivity index is 1.79. The molecule has 0 saturated heterocycles. The van der Waals surface area contributed by atoms with E-state index < -0.39 is 0 Å². The first-order valence-corrected chi connectivity index (χ1v) is 9.92. The fourth-order valence-electron chi connectivity index (χ4n) is 3.58. The molecule has 0 saturated carbocycles. The normalized spacial score (nSPS) is 13.2. The van der Waals surface area contributed by atoms with Crippen LogP contribution >= 0.6 is 11.8 Å². The first-order valence-electron chi connectivity index (χ1n) is 9.10. The van der Waals surface area contributed by atoms with Crippen LogP contribution in [-0.2, 0) is 0 Å². The van der Waals surface area contributed by atoms with Crippen molar-refractivity contribution in [2.45, 2.75) is 23.6 Å². The second-order valence-corrected chi connectivity index (χ2v) is 7.44. The zero-order valence-electron chi connectivity index (χ0n) is 14.9. The smallest absolute Gasteiger partial charge is 0.0559 e. The van der Waals surface area contributed by atoms with Gasteiger partial charge in [0.2, 0.25) is 0 Å². The summed E-state index contributed by atoms with van der Waals surface area (Å²) in [6, 6.07) is 22.1. The summed E-state index contributed by atoms with van der Waals surface area (Å²) in [5.74, 6) is 0. The zero-order valence-corrected chi connectivity index (χ0v) is 15.7. The number of hydrogen-bond donors (Lipinski definition) is 0. The van der Waals surface area contributed by atoms with Crippen molar-refractivity contribution >= 4 is 33.9 Å². The van der Waals surface area contributed by atoms with E-state index in [1.54, 1.807) is 0 Å². The molecular formula is C22H24N2S. The molecule has 0 N–H and O–H groups in total. The maximum atomic E-state index is 2.51. The van der Waals surface area contributed by atoms with E-state index in [4.69, 9.17) is 0 Å². The maximum absolute atomic E-state index is 2.51. The summed E-state index contributed by atoms with van der Waals surface area (Å²) in [5, 5.41) is 2.67. The van der Waals surface area contributed by atoms with E-state index in [-0.39, 0.29) is 0 Å². The number of likely N-dealkylation sites (N-methyl/N-ethyl adjacent to an activating group) is 1. The van der Waals surface area contributed by atoms with Crippen LogP contribution in [0.4, 0.5) is 11.4 Å². The quantitative estimate of drug-likeness (QED) is 0.577. The Morgan fingerprint density at radius 1 is 0.840 bits per heavy atom. The molecule has 0 fully saturated rings. The van der Waals surface area contributed by atoms with Crippen molar-refractivity contribution in [1.82, 2.24) is 4.90 Å². The largest absolute Gasteiger partial charge is 0.338 e. The van der Waals surface area contributed by atoms with Gasteiger partial charge in [-0.05, 0) is 42.1 Å². The lowest BCUT2D eigenvalue weighted by Crippen LogP contribution is -2.33. The number of rotatable bonds is 5. The third-order valence-electron chi connectivity index (χ3n) is 5.05. The van der Waals surface area contributed by atoms with E-state index in [1.165, 1.54) is 31.9 Å². The lowest BCUT2D eigenvalue weighted by Gasteiger charge is -2.34. The zero-order chi connectivity index (χ0) is 17.2. The minimum absolute atomic E-state index is 1.02. The number of hydrogen-bond acceptors (Lipinski definition) is 3. The fraction of sp³-hybridized carbons (Fsp3) is 0.273. The minimum atomic E-state index is 1.02. The Labute approximate surface area is 154 Å². The molecule has 3 aromatic rings. The number of anilines is 2. The molecular weight excluding hydrogens is 324 g/mol. The standard InChI is InChI=1S/C22H24N2S/c1-3-23(4-2)15-16-24-19-11-7-8-12-21(19)25-22-18-10-6-5-9-17(18)13-14-20(22)24/h5-14H,3-4,15-16H2,1-2H3. The summed E-state index contributed by atoms with van der Waals surface area (Å²) in [4.78, 5) is 7.74. The summed E-state index contributed by atoms with van der Waals surface area (Å²) < 4.78 is 0. The van der Waals surface area contributed by atoms with E-state index in [0.29, 0.717) is 0 Å². The van der Waals surface area contributed by atoms with Crippen molar-refractivity contribution in [3.8, 4) is 0 Å². The van der Waals surface area contributed by atoms with E-state index in [2.05, 4.69) is 84.3 Å². The highest BCUT2D eigenvalue weighted by Crippen LogP contribution is 2.50. The van der Waals surface area contributed by atoms with Crippen LogP contribution in [0, 0.1) is 0 Å². The Morgan fingerprint density at radius 2 is 1.60 bits per heavy atom. The Kier molecular flexibility index (Phi) is 4.69. The molecule has 0 aromatic heterocycles. The van der Waals surface area contributed by atoms with E-state index in [1.807, 2.05) is 11.8 Å². The Hall–Kier alpha value is -1.97. The minimum Gasteiger partial charge on any atom is -0.338 e. The van der Waals surface area contributed by atoms with Gasteiger partial charge in [0.15, 0.2) is 0 Å². The first kappa shape index (κ1) is 16.5. The van der Waals surface area contributed by atoms with Crippen LogP contribution in [0.5, 0.6) is 0 Å². The molecule has 0 unspecified atom stereocenters. The topological polar surface area (TPSA) is 6.48 Å². The van der Waals surface area contributed by atoms with Crippen molar-refractivity contribution in [3.63, 3.8) is 0 Å². The van der Waals surface area contributed by atoms with Gasteiger partial charge >= 0.3 is 0 Å². The predicted octanol–water partition coefficient (Wildman–Crippen LogP) is 5.78. The summed E-state index contributed by atoms with van der Waals surface area (Å²) >= 11 is 1.91. The van der Waals surface area contributed by atoms with Gasteiger partial charge in [0.25, 0.3) is 0 Å². The van der Waals surface area contributed by atoms with Gasteiger partial charge in [-0.1, -0.05) is 68.1 Å². The van der Waals surface area contributed by atoms with Gasteiger partial charge in [0.05, 0.1) is 11.4 Å². The number of benzene rings is 3. The molecule has 2 nitrogen and oxygen atoms in total. The Bertz CT molecular complexity index is 886. The SMILES string of the molecule is CCN(CC)CCN1c2ccccc2Sc2c1ccc1ccccc21.